The Morgan fingerprint density at radius 1 is 1.45 bits per heavy atom. The second-order valence-corrected chi connectivity index (χ2v) is 3.70. The Labute approximate surface area is 67.9 Å². The van der Waals surface area contributed by atoms with Crippen LogP contribution in [0.25, 0.3) is 0 Å². The fourth-order valence-corrected chi connectivity index (χ4v) is 2.27. The van der Waals surface area contributed by atoms with Crippen LogP contribution in [0.4, 0.5) is 0 Å². The molecule has 2 heteroatoms. The topological polar surface area (TPSA) is 18.5 Å². The van der Waals surface area contributed by atoms with Crippen LogP contribution in [0.15, 0.2) is 0 Å². The zero-order chi connectivity index (χ0) is 7.84. The molecule has 2 nitrogen and oxygen atoms in total. The van der Waals surface area contributed by atoms with Crippen LogP contribution in [0, 0.1) is 17.8 Å². The largest absolute Gasteiger partial charge is 0.353 e. The van der Waals surface area contributed by atoms with Crippen molar-refractivity contribution in [1.29, 1.82) is 0 Å². The van der Waals surface area contributed by atoms with E-state index in [-0.39, 0.29) is 6.29 Å². The highest BCUT2D eigenvalue weighted by atomic mass is 16.7. The molecule has 0 amide bonds. The van der Waals surface area contributed by atoms with E-state index < -0.39 is 0 Å². The van der Waals surface area contributed by atoms with E-state index in [4.69, 9.17) is 9.47 Å². The Bertz CT molecular complexity index is 144. The summed E-state index contributed by atoms with van der Waals surface area (Å²) in [5.41, 5.74) is 0. The fourth-order valence-electron chi connectivity index (χ4n) is 2.27. The Balaban J connectivity index is 1.88. The minimum atomic E-state index is 0.126. The van der Waals surface area contributed by atoms with Crippen LogP contribution in [0.2, 0.25) is 0 Å². The predicted molar refractivity (Wildman–Crippen MR) is 42.1 cm³/mol. The lowest BCUT2D eigenvalue weighted by molar-refractivity contribution is -0.136. The molecule has 64 valence electrons. The molecular weight excluding hydrogens is 140 g/mol. The summed E-state index contributed by atoms with van der Waals surface area (Å²) in [6.07, 6.45) is 1.43. The third-order valence-corrected chi connectivity index (χ3v) is 3.06. The summed E-state index contributed by atoms with van der Waals surface area (Å²) in [6.45, 7) is 6.04. The summed E-state index contributed by atoms with van der Waals surface area (Å²) in [6, 6.07) is 0. The monoisotopic (exact) mass is 156 g/mol. The first-order valence-corrected chi connectivity index (χ1v) is 4.56. The zero-order valence-corrected chi connectivity index (χ0v) is 7.25. The maximum atomic E-state index is 5.53. The first kappa shape index (κ1) is 7.56. The minimum absolute atomic E-state index is 0.126. The lowest BCUT2D eigenvalue weighted by Crippen LogP contribution is -2.37. The van der Waals surface area contributed by atoms with Crippen molar-refractivity contribution in [2.75, 3.05) is 13.2 Å². The Morgan fingerprint density at radius 3 is 2.82 bits per heavy atom. The van der Waals surface area contributed by atoms with Crippen LogP contribution >= 0.6 is 0 Å². The first-order valence-electron chi connectivity index (χ1n) is 4.56. The van der Waals surface area contributed by atoms with Gasteiger partial charge in [0.15, 0.2) is 6.29 Å². The molecule has 0 spiro atoms. The zero-order valence-electron chi connectivity index (χ0n) is 7.25. The summed E-state index contributed by atoms with van der Waals surface area (Å²) in [7, 11) is 0. The summed E-state index contributed by atoms with van der Waals surface area (Å²) in [4.78, 5) is 0. The molecule has 0 radical (unpaired) electrons. The second-order valence-electron chi connectivity index (χ2n) is 3.70. The molecular formula is C9H16O2. The highest BCUT2D eigenvalue weighted by Crippen LogP contribution is 2.47. The first-order chi connectivity index (χ1) is 5.33. The smallest absolute Gasteiger partial charge is 0.160 e. The van der Waals surface area contributed by atoms with Gasteiger partial charge in [0, 0.05) is 12.5 Å². The van der Waals surface area contributed by atoms with Crippen molar-refractivity contribution < 1.29 is 9.47 Å². The molecule has 1 aliphatic heterocycles. The lowest BCUT2D eigenvalue weighted by Gasteiger charge is -2.38. The Hall–Kier alpha value is -0.0800. The fraction of sp³-hybridized carbons (Fsp3) is 1.00. The van der Waals surface area contributed by atoms with Gasteiger partial charge in [-0.1, -0.05) is 6.92 Å². The quantitative estimate of drug-likeness (QED) is 0.605. The van der Waals surface area contributed by atoms with Crippen molar-refractivity contribution in [1.82, 2.24) is 0 Å². The van der Waals surface area contributed by atoms with Gasteiger partial charge in [-0.2, -0.15) is 0 Å². The molecule has 2 fully saturated rings. The van der Waals surface area contributed by atoms with Crippen molar-refractivity contribution in [3.05, 3.63) is 0 Å². The SMILES string of the molecule is CCO[C@H]1OC[C@@H]2C(C)C[C@H]12. The lowest BCUT2D eigenvalue weighted by atomic mass is 9.67. The maximum absolute atomic E-state index is 5.53. The molecule has 2 rings (SSSR count). The molecule has 0 aromatic heterocycles. The van der Waals surface area contributed by atoms with E-state index in [1.165, 1.54) is 6.42 Å². The molecule has 4 atom stereocenters. The molecule has 0 aromatic rings. The second kappa shape index (κ2) is 2.76. The third-order valence-electron chi connectivity index (χ3n) is 3.06. The van der Waals surface area contributed by atoms with Gasteiger partial charge in [-0.3, -0.25) is 0 Å². The van der Waals surface area contributed by atoms with Crippen LogP contribution in [0.1, 0.15) is 20.3 Å². The standard InChI is InChI=1S/C9H16O2/c1-3-10-9-7-4-6(2)8(7)5-11-9/h6-9H,3-5H2,1-2H3/t6?,7-,8+,9-/m0/s1. The highest BCUT2D eigenvalue weighted by molar-refractivity contribution is 4.92. The van der Waals surface area contributed by atoms with E-state index >= 15 is 0 Å². The Morgan fingerprint density at radius 2 is 2.27 bits per heavy atom. The van der Waals surface area contributed by atoms with Crippen LogP contribution in [0.3, 0.4) is 0 Å². The number of ether oxygens (including phenoxy) is 2. The van der Waals surface area contributed by atoms with Crippen molar-refractivity contribution in [3.8, 4) is 0 Å². The van der Waals surface area contributed by atoms with E-state index in [1.54, 1.807) is 0 Å². The number of hydrogen-bond acceptors (Lipinski definition) is 2. The van der Waals surface area contributed by atoms with Gasteiger partial charge in [0.05, 0.1) is 6.61 Å². The van der Waals surface area contributed by atoms with Crippen LogP contribution < -0.4 is 0 Å². The van der Waals surface area contributed by atoms with Gasteiger partial charge < -0.3 is 9.47 Å². The van der Waals surface area contributed by atoms with Gasteiger partial charge in [-0.15, -0.1) is 0 Å². The molecule has 2 aliphatic rings. The number of fused-ring (bicyclic) bond motifs is 1. The van der Waals surface area contributed by atoms with Gasteiger partial charge in [0.25, 0.3) is 0 Å². The highest BCUT2D eigenvalue weighted by Gasteiger charge is 2.48. The predicted octanol–water partition coefficient (Wildman–Crippen LogP) is 1.65. The van der Waals surface area contributed by atoms with Gasteiger partial charge in [0.1, 0.15) is 0 Å². The van der Waals surface area contributed by atoms with Crippen molar-refractivity contribution >= 4 is 0 Å². The van der Waals surface area contributed by atoms with Crippen LogP contribution in [0.5, 0.6) is 0 Å². The third kappa shape index (κ3) is 1.09. The minimum Gasteiger partial charge on any atom is -0.353 e. The molecule has 0 N–H and O–H groups in total. The molecule has 1 aliphatic carbocycles. The van der Waals surface area contributed by atoms with Crippen LogP contribution in [-0.2, 0) is 9.47 Å². The molecule has 1 saturated carbocycles. The van der Waals surface area contributed by atoms with Gasteiger partial charge in [-0.05, 0) is 25.2 Å². The molecule has 11 heavy (non-hydrogen) atoms. The van der Waals surface area contributed by atoms with E-state index in [1.807, 2.05) is 6.92 Å². The molecule has 1 saturated heterocycles. The normalized spacial score (nSPS) is 48.5. The van der Waals surface area contributed by atoms with Crippen molar-refractivity contribution in [2.24, 2.45) is 17.8 Å². The average molecular weight is 156 g/mol. The van der Waals surface area contributed by atoms with E-state index in [0.29, 0.717) is 5.92 Å². The average Bonchev–Trinajstić information content (AvgIpc) is 2.28. The molecule has 1 unspecified atom stereocenters. The van der Waals surface area contributed by atoms with Gasteiger partial charge in [0.2, 0.25) is 0 Å². The van der Waals surface area contributed by atoms with E-state index in [9.17, 15) is 0 Å². The van der Waals surface area contributed by atoms with Crippen molar-refractivity contribution in [2.45, 2.75) is 26.6 Å². The van der Waals surface area contributed by atoms with Crippen LogP contribution in [-0.4, -0.2) is 19.5 Å². The molecule has 1 heterocycles. The number of rotatable bonds is 2. The summed E-state index contributed by atoms with van der Waals surface area (Å²) in [5.74, 6) is 2.38. The Kier molecular flexibility index (Phi) is 1.90. The van der Waals surface area contributed by atoms with Crippen molar-refractivity contribution in [3.63, 3.8) is 0 Å². The number of hydrogen-bond donors (Lipinski definition) is 0. The summed E-state index contributed by atoms with van der Waals surface area (Å²) < 4.78 is 11.0. The molecule has 0 bridgehead atoms. The van der Waals surface area contributed by atoms with E-state index in [2.05, 4.69) is 6.92 Å². The summed E-state index contributed by atoms with van der Waals surface area (Å²) >= 11 is 0. The van der Waals surface area contributed by atoms with Gasteiger partial charge in [-0.25, -0.2) is 0 Å². The van der Waals surface area contributed by atoms with E-state index in [0.717, 1.165) is 25.0 Å². The molecule has 0 aromatic carbocycles. The maximum Gasteiger partial charge on any atom is 0.160 e. The summed E-state index contributed by atoms with van der Waals surface area (Å²) in [5, 5.41) is 0. The van der Waals surface area contributed by atoms with Gasteiger partial charge >= 0.3 is 0 Å².